The third kappa shape index (κ3) is 5.00. The molecule has 1 aromatic carbocycles. The fraction of sp³-hybridized carbons (Fsp3) is 0.118. The first kappa shape index (κ1) is 18.8. The quantitative estimate of drug-likeness (QED) is 0.555. The minimum absolute atomic E-state index is 0.0158. The maximum atomic E-state index is 12.6. The maximum Gasteiger partial charge on any atom is 0.290 e. The molecule has 0 saturated heterocycles. The van der Waals surface area contributed by atoms with Gasteiger partial charge in [0.15, 0.2) is 5.13 Å². The van der Waals surface area contributed by atoms with Crippen LogP contribution in [0.2, 0.25) is 5.02 Å². The molecule has 3 rings (SSSR count). The fourth-order valence-corrected chi connectivity index (χ4v) is 3.70. The molecule has 0 aliphatic rings. The van der Waals surface area contributed by atoms with Crippen LogP contribution in [0, 0.1) is 0 Å². The number of aromatic nitrogens is 2. The number of benzene rings is 1. The van der Waals surface area contributed by atoms with Crippen LogP contribution >= 0.6 is 34.7 Å². The molecule has 1 amide bonds. The zero-order chi connectivity index (χ0) is 18.5. The van der Waals surface area contributed by atoms with Gasteiger partial charge in [-0.1, -0.05) is 23.7 Å². The molecule has 0 unspecified atom stereocenters. The van der Waals surface area contributed by atoms with Gasteiger partial charge in [0.05, 0.1) is 5.56 Å². The summed E-state index contributed by atoms with van der Waals surface area (Å²) in [6, 6.07) is 10.4. The molecule has 0 aliphatic heterocycles. The van der Waals surface area contributed by atoms with Crippen LogP contribution < -0.4 is 5.32 Å². The van der Waals surface area contributed by atoms with E-state index in [1.807, 2.05) is 24.3 Å². The number of anilines is 1. The molecule has 0 fully saturated rings. The van der Waals surface area contributed by atoms with Crippen LogP contribution in [-0.4, -0.2) is 21.6 Å². The predicted octanol–water partition coefficient (Wildman–Crippen LogP) is 5.35. The average molecular weight is 412 g/mol. The van der Waals surface area contributed by atoms with Crippen LogP contribution in [0.3, 0.4) is 0 Å². The van der Waals surface area contributed by atoms with Gasteiger partial charge >= 0.3 is 0 Å². The summed E-state index contributed by atoms with van der Waals surface area (Å²) in [4.78, 5) is 21.3. The van der Waals surface area contributed by atoms with Crippen molar-refractivity contribution in [3.63, 3.8) is 0 Å². The van der Waals surface area contributed by atoms with Gasteiger partial charge in [-0.25, -0.2) is 9.97 Å². The summed E-state index contributed by atoms with van der Waals surface area (Å²) >= 11 is 7.43. The van der Waals surface area contributed by atoms with Crippen molar-refractivity contribution in [3.05, 3.63) is 69.8 Å². The number of carbonyl (C=O) groups is 1. The smallest absolute Gasteiger partial charge is 0.290 e. The molecule has 1 N–H and O–H groups in total. The molecule has 0 radical (unpaired) electrons. The molecule has 0 aliphatic carbocycles. The van der Waals surface area contributed by atoms with E-state index in [1.54, 1.807) is 6.20 Å². The van der Waals surface area contributed by atoms with Crippen LogP contribution in [0.15, 0.2) is 53.8 Å². The van der Waals surface area contributed by atoms with Crippen molar-refractivity contribution < 1.29 is 13.6 Å². The van der Waals surface area contributed by atoms with Crippen molar-refractivity contribution in [2.75, 3.05) is 5.32 Å². The van der Waals surface area contributed by atoms with Gasteiger partial charge in [0.2, 0.25) is 0 Å². The molecule has 0 saturated carbocycles. The first-order valence-corrected chi connectivity index (χ1v) is 9.49. The Morgan fingerprint density at radius 3 is 2.73 bits per heavy atom. The van der Waals surface area contributed by atoms with Gasteiger partial charge in [-0.2, -0.15) is 8.78 Å². The second kappa shape index (κ2) is 8.57. The van der Waals surface area contributed by atoms with Crippen molar-refractivity contribution in [2.45, 2.75) is 17.2 Å². The summed E-state index contributed by atoms with van der Waals surface area (Å²) in [5.41, 5.74) is 1.16. The van der Waals surface area contributed by atoms with Crippen LogP contribution in [0.4, 0.5) is 13.9 Å². The first-order chi connectivity index (χ1) is 12.5. The molecule has 2 heterocycles. The minimum atomic E-state index is -2.65. The van der Waals surface area contributed by atoms with E-state index in [2.05, 4.69) is 15.3 Å². The lowest BCUT2D eigenvalue weighted by atomic mass is 10.1. The summed E-state index contributed by atoms with van der Waals surface area (Å²) < 4.78 is 25.2. The van der Waals surface area contributed by atoms with Crippen molar-refractivity contribution in [1.29, 1.82) is 0 Å². The molecule has 134 valence electrons. The number of alkyl halides is 2. The van der Waals surface area contributed by atoms with E-state index in [0.717, 1.165) is 10.4 Å². The summed E-state index contributed by atoms with van der Waals surface area (Å²) in [5.74, 6) is -3.17. The van der Waals surface area contributed by atoms with Gasteiger partial charge in [0, 0.05) is 28.7 Å². The Hall–Kier alpha value is -2.03. The Balaban J connectivity index is 1.69. The van der Waals surface area contributed by atoms with Crippen molar-refractivity contribution in [1.82, 2.24) is 9.97 Å². The van der Waals surface area contributed by atoms with Gasteiger partial charge < -0.3 is 0 Å². The van der Waals surface area contributed by atoms with Gasteiger partial charge in [-0.05, 0) is 41.6 Å². The van der Waals surface area contributed by atoms with Crippen LogP contribution in [-0.2, 0) is 6.42 Å². The monoisotopic (exact) mass is 411 g/mol. The standard InChI is InChI=1S/C17H12ClF2N3OS2/c18-11-5-3-10(4-6-11)8-12-9-22-17(25-12)23-14(24)13-2-1-7-21-15(13)26-16(19)20/h1-7,9,16H,8H2,(H,22,23,24). The van der Waals surface area contributed by atoms with E-state index >= 15 is 0 Å². The number of thiazole rings is 1. The molecule has 9 heteroatoms. The molecule has 0 bridgehead atoms. The van der Waals surface area contributed by atoms with Gasteiger partial charge in [-0.15, -0.1) is 11.3 Å². The molecule has 4 nitrogen and oxygen atoms in total. The number of hydrogen-bond acceptors (Lipinski definition) is 5. The number of thioether (sulfide) groups is 1. The van der Waals surface area contributed by atoms with Crippen molar-refractivity contribution >= 4 is 45.7 Å². The van der Waals surface area contributed by atoms with Crippen LogP contribution in [0.1, 0.15) is 20.8 Å². The second-order valence-corrected chi connectivity index (χ2v) is 7.65. The normalized spacial score (nSPS) is 10.9. The number of amides is 1. The molecular formula is C17H12ClF2N3OS2. The van der Waals surface area contributed by atoms with E-state index in [1.165, 1.54) is 29.7 Å². The average Bonchev–Trinajstić information content (AvgIpc) is 3.04. The highest BCUT2D eigenvalue weighted by atomic mass is 35.5. The number of nitrogens with zero attached hydrogens (tertiary/aromatic N) is 2. The molecule has 3 aromatic rings. The van der Waals surface area contributed by atoms with Gasteiger partial charge in [0.1, 0.15) is 5.03 Å². The lowest BCUT2D eigenvalue weighted by Crippen LogP contribution is -2.13. The number of nitrogens with one attached hydrogen (secondary N) is 1. The van der Waals surface area contributed by atoms with E-state index in [-0.39, 0.29) is 22.4 Å². The van der Waals surface area contributed by atoms with Crippen LogP contribution in [0.5, 0.6) is 0 Å². The number of pyridine rings is 1. The van der Waals surface area contributed by atoms with Crippen molar-refractivity contribution in [2.24, 2.45) is 0 Å². The topological polar surface area (TPSA) is 54.9 Å². The van der Waals surface area contributed by atoms with Crippen molar-refractivity contribution in [3.8, 4) is 0 Å². The molecule has 0 atom stereocenters. The Labute approximate surface area is 161 Å². The lowest BCUT2D eigenvalue weighted by Gasteiger charge is -2.06. The zero-order valence-electron chi connectivity index (χ0n) is 13.2. The first-order valence-electron chi connectivity index (χ1n) is 7.41. The number of rotatable bonds is 6. The number of hydrogen-bond donors (Lipinski definition) is 1. The molecule has 26 heavy (non-hydrogen) atoms. The number of halogens is 3. The summed E-state index contributed by atoms with van der Waals surface area (Å²) in [6.07, 6.45) is 3.70. The number of carbonyl (C=O) groups excluding carboxylic acids is 1. The predicted molar refractivity (Wildman–Crippen MR) is 100 cm³/mol. The van der Waals surface area contributed by atoms with E-state index in [4.69, 9.17) is 11.6 Å². The highest BCUT2D eigenvalue weighted by molar-refractivity contribution is 7.99. The Bertz CT molecular complexity index is 903. The maximum absolute atomic E-state index is 12.6. The third-order valence-corrected chi connectivity index (χ3v) is 5.17. The lowest BCUT2D eigenvalue weighted by molar-refractivity contribution is 0.102. The van der Waals surface area contributed by atoms with E-state index in [0.29, 0.717) is 16.6 Å². The minimum Gasteiger partial charge on any atom is -0.298 e. The molecule has 0 spiro atoms. The van der Waals surface area contributed by atoms with E-state index in [9.17, 15) is 13.6 Å². The zero-order valence-corrected chi connectivity index (χ0v) is 15.5. The van der Waals surface area contributed by atoms with Gasteiger partial charge in [0.25, 0.3) is 11.7 Å². The van der Waals surface area contributed by atoms with Gasteiger partial charge in [-0.3, -0.25) is 10.1 Å². The Morgan fingerprint density at radius 1 is 1.23 bits per heavy atom. The summed E-state index contributed by atoms with van der Waals surface area (Å²) in [5, 5.41) is 3.69. The summed E-state index contributed by atoms with van der Waals surface area (Å²) in [7, 11) is 0. The van der Waals surface area contributed by atoms with E-state index < -0.39 is 11.7 Å². The second-order valence-electron chi connectivity index (χ2n) is 5.12. The largest absolute Gasteiger partial charge is 0.298 e. The fourth-order valence-electron chi connectivity index (χ4n) is 2.16. The Kier molecular flexibility index (Phi) is 6.18. The third-order valence-electron chi connectivity index (χ3n) is 3.28. The SMILES string of the molecule is O=C(Nc1ncc(Cc2ccc(Cl)cc2)s1)c1cccnc1SC(F)F. The highest BCUT2D eigenvalue weighted by Gasteiger charge is 2.17. The Morgan fingerprint density at radius 2 is 2.00 bits per heavy atom. The highest BCUT2D eigenvalue weighted by Crippen LogP contribution is 2.28. The molecule has 2 aromatic heterocycles. The van der Waals surface area contributed by atoms with Crippen LogP contribution in [0.25, 0.3) is 0 Å². The molecular weight excluding hydrogens is 400 g/mol. The summed E-state index contributed by atoms with van der Waals surface area (Å²) in [6.45, 7) is 0.